The molecule has 0 aliphatic carbocycles. The Balaban J connectivity index is 0.000000314. The summed E-state index contributed by atoms with van der Waals surface area (Å²) in [6.07, 6.45) is -7.55. The maximum absolute atomic E-state index is 12.4. The lowest BCUT2D eigenvalue weighted by atomic mass is 10.1. The number of anilines is 1. The summed E-state index contributed by atoms with van der Waals surface area (Å²) >= 11 is 0. The minimum atomic E-state index is -4.89. The smallest absolute Gasteiger partial charge is 0.385 e. The summed E-state index contributed by atoms with van der Waals surface area (Å²) in [6.45, 7) is 5.31. The zero-order valence-electron chi connectivity index (χ0n) is 19.5. The number of nitrogens with one attached hydrogen (secondary N) is 1. The molecule has 0 atom stereocenters. The van der Waals surface area contributed by atoms with Crippen molar-refractivity contribution in [3.63, 3.8) is 0 Å². The average molecular weight is 510 g/mol. The van der Waals surface area contributed by atoms with Crippen LogP contribution in [0.3, 0.4) is 0 Å². The summed E-state index contributed by atoms with van der Waals surface area (Å²) in [7, 11) is 3.77. The van der Waals surface area contributed by atoms with Crippen LogP contribution in [-0.2, 0) is 35.0 Å². The van der Waals surface area contributed by atoms with E-state index in [4.69, 9.17) is 0 Å². The van der Waals surface area contributed by atoms with Crippen LogP contribution in [0.2, 0.25) is 0 Å². The molecule has 0 saturated heterocycles. The largest absolute Gasteiger partial charge is 0.416 e. The number of rotatable bonds is 5. The van der Waals surface area contributed by atoms with Crippen molar-refractivity contribution in [2.45, 2.75) is 38.8 Å². The zero-order valence-corrected chi connectivity index (χ0v) is 19.5. The first-order chi connectivity index (χ1) is 16.3. The van der Waals surface area contributed by atoms with Crippen LogP contribution < -0.4 is 5.32 Å². The first kappa shape index (κ1) is 30.1. The van der Waals surface area contributed by atoms with Crippen LogP contribution in [0.15, 0.2) is 24.3 Å². The van der Waals surface area contributed by atoms with Gasteiger partial charge in [0.05, 0.1) is 23.4 Å². The highest BCUT2D eigenvalue weighted by Crippen LogP contribution is 2.37. The van der Waals surface area contributed by atoms with E-state index in [0.29, 0.717) is 24.1 Å². The van der Waals surface area contributed by atoms with E-state index in [1.807, 2.05) is 17.7 Å². The number of benzene rings is 1. The van der Waals surface area contributed by atoms with Crippen LogP contribution in [0.5, 0.6) is 0 Å². The molecule has 1 aliphatic heterocycles. The van der Waals surface area contributed by atoms with Gasteiger partial charge in [0.25, 0.3) is 0 Å². The number of hydrogen-bond acceptors (Lipinski definition) is 6. The van der Waals surface area contributed by atoms with Gasteiger partial charge in [-0.05, 0) is 44.7 Å². The molecule has 0 unspecified atom stereocenters. The number of alkyl halides is 6. The number of aryl methyl sites for hydroxylation is 1. The van der Waals surface area contributed by atoms with Crippen LogP contribution in [0.4, 0.5) is 32.0 Å². The van der Waals surface area contributed by atoms with E-state index in [-0.39, 0.29) is 12.6 Å². The third kappa shape index (κ3) is 10.5. The molecule has 7 nitrogen and oxygen atoms in total. The van der Waals surface area contributed by atoms with Crippen molar-refractivity contribution >= 4 is 18.3 Å². The van der Waals surface area contributed by atoms with E-state index in [2.05, 4.69) is 27.1 Å². The fourth-order valence-corrected chi connectivity index (χ4v) is 2.92. The maximum atomic E-state index is 12.4. The summed E-state index contributed by atoms with van der Waals surface area (Å²) in [6, 6.07) is 2.92. The van der Waals surface area contributed by atoms with Gasteiger partial charge in [-0.1, -0.05) is 0 Å². The first-order valence-corrected chi connectivity index (χ1v) is 10.5. The van der Waals surface area contributed by atoms with Crippen LogP contribution in [0, 0.1) is 0 Å². The number of nitrogens with zero attached hydrogens (tertiary/aromatic N) is 3. The van der Waals surface area contributed by atoms with E-state index >= 15 is 0 Å². The van der Waals surface area contributed by atoms with Crippen molar-refractivity contribution in [1.29, 1.82) is 0 Å². The van der Waals surface area contributed by atoms with Gasteiger partial charge in [0.1, 0.15) is 12.0 Å². The molecule has 0 amide bonds. The molecule has 0 fully saturated rings. The predicted molar refractivity (Wildman–Crippen MR) is 117 cm³/mol. The van der Waals surface area contributed by atoms with Crippen molar-refractivity contribution < 1.29 is 40.7 Å². The number of hydrogen-bond donors (Lipinski definition) is 1. The van der Waals surface area contributed by atoms with E-state index < -0.39 is 29.2 Å². The Morgan fingerprint density at radius 2 is 1.60 bits per heavy atom. The number of aldehydes is 2. The predicted octanol–water partition coefficient (Wildman–Crippen LogP) is 4.52. The van der Waals surface area contributed by atoms with Gasteiger partial charge in [-0.15, -0.1) is 0 Å². The monoisotopic (exact) mass is 510 g/mol. The lowest BCUT2D eigenvalue weighted by Crippen LogP contribution is -2.16. The fraction of sp³-hybridized carbons (Fsp3) is 0.500. The van der Waals surface area contributed by atoms with Crippen molar-refractivity contribution in [3.05, 3.63) is 46.8 Å². The summed E-state index contributed by atoms with van der Waals surface area (Å²) in [5, 5.41) is 6.34. The molecule has 1 aromatic carbocycles. The van der Waals surface area contributed by atoms with Crippen molar-refractivity contribution in [1.82, 2.24) is 14.7 Å². The van der Waals surface area contributed by atoms with E-state index in [0.717, 1.165) is 44.6 Å². The van der Waals surface area contributed by atoms with Crippen molar-refractivity contribution in [2.24, 2.45) is 0 Å². The van der Waals surface area contributed by atoms with Crippen molar-refractivity contribution in [2.75, 3.05) is 39.2 Å². The lowest BCUT2D eigenvalue weighted by molar-refractivity contribution is -0.143. The van der Waals surface area contributed by atoms with Crippen LogP contribution in [0.1, 0.15) is 40.7 Å². The first-order valence-electron chi connectivity index (χ1n) is 10.5. The molecule has 0 spiro atoms. The Hall–Kier alpha value is -2.93. The van der Waals surface area contributed by atoms with Gasteiger partial charge in [-0.2, -0.15) is 31.4 Å². The van der Waals surface area contributed by atoms with Crippen molar-refractivity contribution in [3.8, 4) is 0 Å². The molecule has 1 aromatic heterocycles. The van der Waals surface area contributed by atoms with Crippen LogP contribution >= 0.6 is 0 Å². The Kier molecular flexibility index (Phi) is 11.9. The number of fused-ring (bicyclic) bond motifs is 1. The quantitative estimate of drug-likeness (QED) is 0.471. The van der Waals surface area contributed by atoms with Gasteiger partial charge in [-0.25, -0.2) is 0 Å². The van der Waals surface area contributed by atoms with Gasteiger partial charge in [-0.3, -0.25) is 9.48 Å². The lowest BCUT2D eigenvalue weighted by Gasteiger charge is -2.14. The molecular weight excluding hydrogens is 482 g/mol. The SMILES string of the molecule is CCOC.CN1CCCn2nc(C=O)cc2C1.O=CCNc1cc(C(F)(F)F)cc(C(F)(F)F)c1. The molecule has 2 heterocycles. The molecule has 2 aromatic rings. The molecule has 3 rings (SSSR count). The zero-order chi connectivity index (χ0) is 26.6. The molecule has 35 heavy (non-hydrogen) atoms. The van der Waals surface area contributed by atoms with E-state index in [1.165, 1.54) is 0 Å². The molecule has 1 aliphatic rings. The maximum Gasteiger partial charge on any atom is 0.416 e. The molecule has 0 bridgehead atoms. The van der Waals surface area contributed by atoms with Gasteiger partial charge in [0, 0.05) is 39.0 Å². The number of ether oxygens (including phenoxy) is 1. The van der Waals surface area contributed by atoms with Crippen LogP contribution in [0.25, 0.3) is 0 Å². The average Bonchev–Trinajstić information content (AvgIpc) is 3.09. The minimum absolute atomic E-state index is 0.0199. The number of aromatic nitrogens is 2. The molecule has 0 radical (unpaired) electrons. The summed E-state index contributed by atoms with van der Waals surface area (Å²) < 4.78 is 80.8. The Bertz CT molecular complexity index is 910. The molecular formula is C22H28F6N4O3. The third-order valence-electron chi connectivity index (χ3n) is 4.61. The molecule has 1 N–H and O–H groups in total. The number of methoxy groups -OCH3 is 1. The number of carbonyl (C=O) groups excluding carboxylic acids is 2. The number of halogens is 6. The minimum Gasteiger partial charge on any atom is -0.385 e. The topological polar surface area (TPSA) is 76.5 Å². The molecule has 13 heteroatoms. The van der Waals surface area contributed by atoms with Gasteiger partial charge >= 0.3 is 12.4 Å². The highest BCUT2D eigenvalue weighted by Gasteiger charge is 2.36. The standard InChI is InChI=1S/C10H7F6NO.C9H13N3O.C3H8O/c11-9(12,13)6-3-7(10(14,15)16)5-8(4-6)17-1-2-18;1-11-3-2-4-12-9(6-11)5-8(7-13)10-12;1-3-4-2/h2-5,17H,1H2;5,7H,2-4,6H2,1H3;3H2,1-2H3. The highest BCUT2D eigenvalue weighted by molar-refractivity contribution is 5.71. The second kappa shape index (κ2) is 13.8. The van der Waals surface area contributed by atoms with Gasteiger partial charge in [0.2, 0.25) is 0 Å². The van der Waals surface area contributed by atoms with Gasteiger partial charge < -0.3 is 19.7 Å². The van der Waals surface area contributed by atoms with Gasteiger partial charge in [0.15, 0.2) is 6.29 Å². The second-order valence-corrected chi connectivity index (χ2v) is 7.41. The Morgan fingerprint density at radius 1 is 1.03 bits per heavy atom. The summed E-state index contributed by atoms with van der Waals surface area (Å²) in [5.74, 6) is 0. The summed E-state index contributed by atoms with van der Waals surface area (Å²) in [4.78, 5) is 22.8. The highest BCUT2D eigenvalue weighted by atomic mass is 19.4. The fourth-order valence-electron chi connectivity index (χ4n) is 2.92. The Labute approximate surface area is 199 Å². The normalized spacial score (nSPS) is 13.9. The number of carbonyl (C=O) groups is 2. The molecule has 196 valence electrons. The van der Waals surface area contributed by atoms with Crippen LogP contribution in [-0.4, -0.2) is 61.1 Å². The molecule has 0 saturated carbocycles. The third-order valence-corrected chi connectivity index (χ3v) is 4.61. The van der Waals surface area contributed by atoms with E-state index in [1.54, 1.807) is 7.11 Å². The Morgan fingerprint density at radius 3 is 2.06 bits per heavy atom. The van der Waals surface area contributed by atoms with E-state index in [9.17, 15) is 35.9 Å². The summed E-state index contributed by atoms with van der Waals surface area (Å²) in [5.41, 5.74) is -1.58. The second-order valence-electron chi connectivity index (χ2n) is 7.41.